The maximum atomic E-state index is 12.7. The third-order valence-electron chi connectivity index (χ3n) is 3.55. The molecule has 1 aliphatic rings. The molecule has 1 heterocycles. The number of hydrogen-bond donors (Lipinski definition) is 0. The molecule has 0 spiro atoms. The van der Waals surface area contributed by atoms with Crippen LogP contribution < -0.4 is 0 Å². The first-order valence-electron chi connectivity index (χ1n) is 6.92. The zero-order valence-corrected chi connectivity index (χ0v) is 12.6. The number of carbonyl (C=O) groups excluding carboxylic acids is 1. The van der Waals surface area contributed by atoms with Gasteiger partial charge in [0.15, 0.2) is 0 Å². The molecule has 0 saturated heterocycles. The molecule has 2 aromatic rings. The molecule has 3 rings (SSSR count). The van der Waals surface area contributed by atoms with Gasteiger partial charge in [-0.25, -0.2) is 4.98 Å². The van der Waals surface area contributed by atoms with E-state index in [1.54, 1.807) is 11.3 Å². The molecule has 0 aliphatic heterocycles. The van der Waals surface area contributed by atoms with Crippen molar-refractivity contribution in [2.24, 2.45) is 0 Å². The fourth-order valence-electron chi connectivity index (χ4n) is 2.27. The van der Waals surface area contributed by atoms with E-state index in [2.05, 4.69) is 4.98 Å². The number of thiazole rings is 1. The van der Waals surface area contributed by atoms with Gasteiger partial charge in [0.05, 0.1) is 17.2 Å². The van der Waals surface area contributed by atoms with Crippen LogP contribution in [-0.4, -0.2) is 21.8 Å². The van der Waals surface area contributed by atoms with Crippen LogP contribution in [-0.2, 0) is 6.54 Å². The molecular formula is C16H18N2OS. The van der Waals surface area contributed by atoms with E-state index in [4.69, 9.17) is 0 Å². The lowest BCUT2D eigenvalue weighted by molar-refractivity contribution is 0.0728. The summed E-state index contributed by atoms with van der Waals surface area (Å²) < 4.78 is 0. The first kappa shape index (κ1) is 13.3. The summed E-state index contributed by atoms with van der Waals surface area (Å²) in [6.07, 6.45) is 2.22. The molecule has 0 atom stereocenters. The molecule has 3 nitrogen and oxygen atoms in total. The third-order valence-corrected chi connectivity index (χ3v) is 4.37. The summed E-state index contributed by atoms with van der Waals surface area (Å²) in [6.45, 7) is 4.66. The minimum Gasteiger partial charge on any atom is -0.330 e. The number of aromatic nitrogens is 1. The van der Waals surface area contributed by atoms with E-state index in [-0.39, 0.29) is 5.91 Å². The second kappa shape index (κ2) is 5.37. The largest absolute Gasteiger partial charge is 0.330 e. The van der Waals surface area contributed by atoms with Gasteiger partial charge < -0.3 is 4.90 Å². The molecule has 1 fully saturated rings. The quantitative estimate of drug-likeness (QED) is 0.861. The van der Waals surface area contributed by atoms with E-state index in [0.717, 1.165) is 29.1 Å². The van der Waals surface area contributed by atoms with Gasteiger partial charge in [0.25, 0.3) is 5.91 Å². The van der Waals surface area contributed by atoms with Crippen LogP contribution in [0.1, 0.15) is 39.5 Å². The average Bonchev–Trinajstić information content (AvgIpc) is 3.19. The molecule has 1 aliphatic carbocycles. The Balaban J connectivity index is 1.79. The molecule has 1 aromatic carbocycles. The van der Waals surface area contributed by atoms with Crippen molar-refractivity contribution in [3.8, 4) is 0 Å². The van der Waals surface area contributed by atoms with Crippen molar-refractivity contribution in [1.29, 1.82) is 0 Å². The van der Waals surface area contributed by atoms with Gasteiger partial charge in [-0.15, -0.1) is 11.3 Å². The highest BCUT2D eigenvalue weighted by Crippen LogP contribution is 2.30. The van der Waals surface area contributed by atoms with Crippen LogP contribution >= 0.6 is 11.3 Å². The third kappa shape index (κ3) is 2.90. The van der Waals surface area contributed by atoms with Crippen molar-refractivity contribution < 1.29 is 4.79 Å². The Hall–Kier alpha value is -1.68. The monoisotopic (exact) mass is 286 g/mol. The van der Waals surface area contributed by atoms with E-state index in [1.165, 1.54) is 5.56 Å². The van der Waals surface area contributed by atoms with Crippen LogP contribution in [0.25, 0.3) is 0 Å². The maximum absolute atomic E-state index is 12.7. The van der Waals surface area contributed by atoms with Gasteiger partial charge in [-0.3, -0.25) is 4.79 Å². The Kier molecular flexibility index (Phi) is 3.57. The Bertz CT molecular complexity index is 614. The number of amides is 1. The smallest absolute Gasteiger partial charge is 0.254 e. The molecule has 20 heavy (non-hydrogen) atoms. The second-order valence-electron chi connectivity index (χ2n) is 5.39. The minimum atomic E-state index is 0.123. The summed E-state index contributed by atoms with van der Waals surface area (Å²) in [4.78, 5) is 19.1. The van der Waals surface area contributed by atoms with Crippen molar-refractivity contribution in [1.82, 2.24) is 9.88 Å². The van der Waals surface area contributed by atoms with Gasteiger partial charge >= 0.3 is 0 Å². The van der Waals surface area contributed by atoms with Gasteiger partial charge in [0, 0.05) is 17.0 Å². The number of carbonyl (C=O) groups is 1. The molecular weight excluding hydrogens is 268 g/mol. The lowest BCUT2D eigenvalue weighted by Gasteiger charge is -2.21. The van der Waals surface area contributed by atoms with Crippen LogP contribution in [0.15, 0.2) is 29.6 Å². The Morgan fingerprint density at radius 1 is 1.30 bits per heavy atom. The van der Waals surface area contributed by atoms with E-state index < -0.39 is 0 Å². The highest BCUT2D eigenvalue weighted by molar-refractivity contribution is 7.09. The zero-order valence-electron chi connectivity index (χ0n) is 11.8. The SMILES string of the molecule is Cc1ccc(C(=O)N(Cc2csc(C)n2)C2CC2)cc1. The maximum Gasteiger partial charge on any atom is 0.254 e. The Morgan fingerprint density at radius 3 is 2.55 bits per heavy atom. The van der Waals surface area contributed by atoms with E-state index in [9.17, 15) is 4.79 Å². The molecule has 0 N–H and O–H groups in total. The Morgan fingerprint density at radius 2 is 2.00 bits per heavy atom. The number of nitrogens with zero attached hydrogens (tertiary/aromatic N) is 2. The average molecular weight is 286 g/mol. The van der Waals surface area contributed by atoms with Crippen molar-refractivity contribution in [2.45, 2.75) is 39.3 Å². The van der Waals surface area contributed by atoms with Gasteiger partial charge in [-0.2, -0.15) is 0 Å². The number of hydrogen-bond acceptors (Lipinski definition) is 3. The molecule has 4 heteroatoms. The minimum absolute atomic E-state index is 0.123. The second-order valence-corrected chi connectivity index (χ2v) is 6.45. The highest BCUT2D eigenvalue weighted by Gasteiger charge is 2.33. The van der Waals surface area contributed by atoms with Gasteiger partial charge in [-0.05, 0) is 38.8 Å². The first-order chi connectivity index (χ1) is 9.63. The molecule has 0 unspecified atom stereocenters. The molecule has 1 amide bonds. The predicted octanol–water partition coefficient (Wildman–Crippen LogP) is 3.56. The van der Waals surface area contributed by atoms with E-state index in [0.29, 0.717) is 12.6 Å². The number of benzene rings is 1. The molecule has 0 radical (unpaired) electrons. The predicted molar refractivity (Wildman–Crippen MR) is 80.9 cm³/mol. The van der Waals surface area contributed by atoms with Crippen molar-refractivity contribution in [3.63, 3.8) is 0 Å². The molecule has 1 aromatic heterocycles. The number of aryl methyl sites for hydroxylation is 2. The topological polar surface area (TPSA) is 33.2 Å². The van der Waals surface area contributed by atoms with Crippen LogP contribution in [0.2, 0.25) is 0 Å². The first-order valence-corrected chi connectivity index (χ1v) is 7.80. The lowest BCUT2D eigenvalue weighted by atomic mass is 10.1. The summed E-state index contributed by atoms with van der Waals surface area (Å²) in [5, 5.41) is 3.10. The Labute approximate surface area is 123 Å². The summed E-state index contributed by atoms with van der Waals surface area (Å²) >= 11 is 1.64. The van der Waals surface area contributed by atoms with Gasteiger partial charge in [0.2, 0.25) is 0 Å². The molecule has 0 bridgehead atoms. The van der Waals surface area contributed by atoms with E-state index >= 15 is 0 Å². The summed E-state index contributed by atoms with van der Waals surface area (Å²) in [5.74, 6) is 0.123. The van der Waals surface area contributed by atoms with Crippen molar-refractivity contribution >= 4 is 17.2 Å². The summed E-state index contributed by atoms with van der Waals surface area (Å²) in [7, 11) is 0. The van der Waals surface area contributed by atoms with Crippen molar-refractivity contribution in [3.05, 3.63) is 51.5 Å². The molecule has 104 valence electrons. The summed E-state index contributed by atoms with van der Waals surface area (Å²) in [5.41, 5.74) is 2.95. The van der Waals surface area contributed by atoms with Gasteiger partial charge in [-0.1, -0.05) is 17.7 Å². The fraction of sp³-hybridized carbons (Fsp3) is 0.375. The van der Waals surface area contributed by atoms with E-state index in [1.807, 2.05) is 48.4 Å². The lowest BCUT2D eigenvalue weighted by Crippen LogP contribution is -2.32. The van der Waals surface area contributed by atoms with Crippen LogP contribution in [0.3, 0.4) is 0 Å². The summed E-state index contributed by atoms with van der Waals surface area (Å²) in [6, 6.07) is 8.21. The van der Waals surface area contributed by atoms with Gasteiger partial charge in [0.1, 0.15) is 0 Å². The highest BCUT2D eigenvalue weighted by atomic mass is 32.1. The van der Waals surface area contributed by atoms with Crippen molar-refractivity contribution in [2.75, 3.05) is 0 Å². The fourth-order valence-corrected chi connectivity index (χ4v) is 2.87. The standard InChI is InChI=1S/C16H18N2OS/c1-11-3-5-13(6-4-11)16(19)18(15-7-8-15)9-14-10-20-12(2)17-14/h3-6,10,15H,7-9H2,1-2H3. The van der Waals surface area contributed by atoms with Crippen LogP contribution in [0, 0.1) is 13.8 Å². The zero-order chi connectivity index (χ0) is 14.1. The molecule has 1 saturated carbocycles. The normalized spacial score (nSPS) is 14.3. The number of rotatable bonds is 4. The van der Waals surface area contributed by atoms with Crippen LogP contribution in [0.5, 0.6) is 0 Å². The van der Waals surface area contributed by atoms with Crippen LogP contribution in [0.4, 0.5) is 0 Å².